The Hall–Kier alpha value is -2.95. The fourth-order valence-corrected chi connectivity index (χ4v) is 2.69. The van der Waals surface area contributed by atoms with Crippen LogP contribution in [0.5, 0.6) is 0 Å². The first-order valence-electron chi connectivity index (χ1n) is 7.95. The zero-order valence-electron chi connectivity index (χ0n) is 13.6. The van der Waals surface area contributed by atoms with Crippen molar-refractivity contribution in [3.05, 3.63) is 76.7 Å². The molecule has 0 saturated carbocycles. The lowest BCUT2D eigenvalue weighted by Crippen LogP contribution is -2.36. The van der Waals surface area contributed by atoms with E-state index in [-0.39, 0.29) is 18.0 Å². The molecule has 0 aliphatic carbocycles. The average Bonchev–Trinajstić information content (AvgIpc) is 2.63. The van der Waals surface area contributed by atoms with Crippen molar-refractivity contribution in [3.63, 3.8) is 0 Å². The van der Waals surface area contributed by atoms with E-state index in [9.17, 15) is 9.59 Å². The van der Waals surface area contributed by atoms with Crippen LogP contribution in [0.2, 0.25) is 0 Å². The predicted molar refractivity (Wildman–Crippen MR) is 93.5 cm³/mol. The molecular formula is C19H19N3O2. The van der Waals surface area contributed by atoms with Crippen molar-refractivity contribution in [1.82, 2.24) is 14.5 Å². The fourth-order valence-electron chi connectivity index (χ4n) is 2.69. The molecule has 1 heterocycles. The van der Waals surface area contributed by atoms with Crippen LogP contribution in [0, 0.1) is 0 Å². The molecule has 5 heteroatoms. The van der Waals surface area contributed by atoms with E-state index in [0.29, 0.717) is 24.1 Å². The first-order valence-corrected chi connectivity index (χ1v) is 7.95. The van der Waals surface area contributed by atoms with Crippen LogP contribution in [0.4, 0.5) is 0 Å². The normalized spacial score (nSPS) is 10.7. The lowest BCUT2D eigenvalue weighted by molar-refractivity contribution is -0.132. The third-order valence-electron chi connectivity index (χ3n) is 4.00. The minimum Gasteiger partial charge on any atom is -0.337 e. The summed E-state index contributed by atoms with van der Waals surface area (Å²) in [4.78, 5) is 30.7. The zero-order chi connectivity index (χ0) is 16.9. The van der Waals surface area contributed by atoms with E-state index in [2.05, 4.69) is 4.98 Å². The van der Waals surface area contributed by atoms with Crippen LogP contribution < -0.4 is 5.56 Å². The number of fused-ring (bicyclic) bond motifs is 1. The number of carbonyl (C=O) groups excluding carboxylic acids is 1. The molecule has 0 atom stereocenters. The van der Waals surface area contributed by atoms with E-state index in [4.69, 9.17) is 0 Å². The van der Waals surface area contributed by atoms with Gasteiger partial charge < -0.3 is 4.90 Å². The Kier molecular flexibility index (Phi) is 4.70. The molecule has 0 bridgehead atoms. The van der Waals surface area contributed by atoms with Gasteiger partial charge in [0.15, 0.2) is 0 Å². The van der Waals surface area contributed by atoms with Crippen LogP contribution in [-0.2, 0) is 17.9 Å². The maximum Gasteiger partial charge on any atom is 0.269 e. The topological polar surface area (TPSA) is 55.2 Å². The molecular weight excluding hydrogens is 302 g/mol. The van der Waals surface area contributed by atoms with Crippen molar-refractivity contribution in [2.75, 3.05) is 6.54 Å². The Morgan fingerprint density at radius 2 is 1.79 bits per heavy atom. The van der Waals surface area contributed by atoms with E-state index in [1.54, 1.807) is 4.90 Å². The number of likely N-dealkylation sites (N-methyl/N-ethyl adjacent to an activating group) is 1. The van der Waals surface area contributed by atoms with Crippen molar-refractivity contribution in [3.8, 4) is 0 Å². The quantitative estimate of drug-likeness (QED) is 0.725. The van der Waals surface area contributed by atoms with Gasteiger partial charge in [0.05, 0.1) is 17.2 Å². The highest BCUT2D eigenvalue weighted by Gasteiger charge is 2.15. The molecule has 0 aliphatic rings. The van der Waals surface area contributed by atoms with Gasteiger partial charge >= 0.3 is 0 Å². The largest absolute Gasteiger partial charge is 0.337 e. The van der Waals surface area contributed by atoms with Gasteiger partial charge in [-0.3, -0.25) is 14.2 Å². The summed E-state index contributed by atoms with van der Waals surface area (Å²) in [6.07, 6.45) is 1.27. The lowest BCUT2D eigenvalue weighted by Gasteiger charge is -2.22. The minimum absolute atomic E-state index is 0.0164. The van der Waals surface area contributed by atoms with Crippen LogP contribution in [0.25, 0.3) is 11.0 Å². The second-order valence-electron chi connectivity index (χ2n) is 5.56. The van der Waals surface area contributed by atoms with Crippen LogP contribution in [0.3, 0.4) is 0 Å². The molecule has 0 saturated heterocycles. The van der Waals surface area contributed by atoms with Gasteiger partial charge in [0.25, 0.3) is 5.56 Å². The number of benzene rings is 2. The summed E-state index contributed by atoms with van der Waals surface area (Å²) in [7, 11) is 0. The molecule has 3 rings (SSSR count). The van der Waals surface area contributed by atoms with Gasteiger partial charge in [-0.25, -0.2) is 4.98 Å². The summed E-state index contributed by atoms with van der Waals surface area (Å²) < 4.78 is 1.48. The van der Waals surface area contributed by atoms with Crippen molar-refractivity contribution < 1.29 is 4.79 Å². The maximum atomic E-state index is 12.7. The Bertz CT molecular complexity index is 903. The predicted octanol–water partition coefficient (Wildman–Crippen LogP) is 2.45. The first-order chi connectivity index (χ1) is 11.7. The van der Waals surface area contributed by atoms with Crippen LogP contribution >= 0.6 is 0 Å². The third-order valence-corrected chi connectivity index (χ3v) is 4.00. The molecule has 0 unspecified atom stereocenters. The molecule has 0 aliphatic heterocycles. The molecule has 5 nitrogen and oxygen atoms in total. The number of nitrogens with zero attached hydrogens (tertiary/aromatic N) is 3. The second-order valence-corrected chi connectivity index (χ2v) is 5.56. The summed E-state index contributed by atoms with van der Waals surface area (Å²) in [5.41, 5.74) is 2.18. The Labute approximate surface area is 140 Å². The van der Waals surface area contributed by atoms with Gasteiger partial charge in [-0.05, 0) is 24.6 Å². The molecule has 1 amide bonds. The third kappa shape index (κ3) is 3.35. The van der Waals surface area contributed by atoms with E-state index in [0.717, 1.165) is 5.56 Å². The SMILES string of the molecule is CCN(Cc1ccccc1)C(=O)Cn1c(=O)cnc2ccccc21. The molecule has 3 aromatic rings. The van der Waals surface area contributed by atoms with E-state index in [1.807, 2.05) is 61.5 Å². The van der Waals surface area contributed by atoms with Crippen molar-refractivity contribution >= 4 is 16.9 Å². The number of para-hydroxylation sites is 2. The second kappa shape index (κ2) is 7.08. The van der Waals surface area contributed by atoms with Crippen molar-refractivity contribution in [1.29, 1.82) is 0 Å². The van der Waals surface area contributed by atoms with Gasteiger partial charge in [0.1, 0.15) is 6.54 Å². The smallest absolute Gasteiger partial charge is 0.269 e. The van der Waals surface area contributed by atoms with Gasteiger partial charge in [-0.1, -0.05) is 42.5 Å². The van der Waals surface area contributed by atoms with E-state index < -0.39 is 0 Å². The number of hydrogen-bond donors (Lipinski definition) is 0. The highest BCUT2D eigenvalue weighted by atomic mass is 16.2. The highest BCUT2D eigenvalue weighted by molar-refractivity contribution is 5.80. The minimum atomic E-state index is -0.266. The molecule has 24 heavy (non-hydrogen) atoms. The summed E-state index contributed by atoms with van der Waals surface area (Å²) >= 11 is 0. The first kappa shape index (κ1) is 15.9. The van der Waals surface area contributed by atoms with Gasteiger partial charge in [0, 0.05) is 13.1 Å². The van der Waals surface area contributed by atoms with E-state index in [1.165, 1.54) is 10.8 Å². The molecule has 2 aromatic carbocycles. The number of rotatable bonds is 5. The van der Waals surface area contributed by atoms with Crippen molar-refractivity contribution in [2.45, 2.75) is 20.0 Å². The summed E-state index contributed by atoms with van der Waals surface area (Å²) in [5.74, 6) is -0.0835. The summed E-state index contributed by atoms with van der Waals surface area (Å²) in [6.45, 7) is 3.08. The van der Waals surface area contributed by atoms with Crippen molar-refractivity contribution in [2.24, 2.45) is 0 Å². The molecule has 0 N–H and O–H groups in total. The van der Waals surface area contributed by atoms with Crippen LogP contribution in [0.1, 0.15) is 12.5 Å². The lowest BCUT2D eigenvalue weighted by atomic mass is 10.2. The number of hydrogen-bond acceptors (Lipinski definition) is 3. The summed E-state index contributed by atoms with van der Waals surface area (Å²) in [6, 6.07) is 17.2. The van der Waals surface area contributed by atoms with E-state index >= 15 is 0 Å². The molecule has 122 valence electrons. The fraction of sp³-hybridized carbons (Fsp3) is 0.211. The van der Waals surface area contributed by atoms with Gasteiger partial charge in [-0.15, -0.1) is 0 Å². The number of aromatic nitrogens is 2. The Morgan fingerprint density at radius 3 is 2.54 bits per heavy atom. The zero-order valence-corrected chi connectivity index (χ0v) is 13.6. The average molecular weight is 321 g/mol. The molecule has 0 spiro atoms. The molecule has 0 radical (unpaired) electrons. The summed E-state index contributed by atoms with van der Waals surface area (Å²) in [5, 5.41) is 0. The van der Waals surface area contributed by atoms with Crippen LogP contribution in [0.15, 0.2) is 65.6 Å². The molecule has 0 fully saturated rings. The standard InChI is InChI=1S/C19H19N3O2/c1-2-21(13-15-8-4-3-5-9-15)19(24)14-22-17-11-7-6-10-16(17)20-12-18(22)23/h3-12H,2,13-14H2,1H3. The number of amides is 1. The van der Waals surface area contributed by atoms with Crippen LogP contribution in [-0.4, -0.2) is 26.9 Å². The van der Waals surface area contributed by atoms with Gasteiger partial charge in [-0.2, -0.15) is 0 Å². The highest BCUT2D eigenvalue weighted by Crippen LogP contribution is 2.10. The Balaban J connectivity index is 1.86. The number of carbonyl (C=O) groups is 1. The molecule has 1 aromatic heterocycles. The monoisotopic (exact) mass is 321 g/mol. The Morgan fingerprint density at radius 1 is 1.08 bits per heavy atom. The van der Waals surface area contributed by atoms with Gasteiger partial charge in [0.2, 0.25) is 5.91 Å². The maximum absolute atomic E-state index is 12.7.